The summed E-state index contributed by atoms with van der Waals surface area (Å²) in [6, 6.07) is 9.83. The quantitative estimate of drug-likeness (QED) is 0.704. The van der Waals surface area contributed by atoms with Crippen LogP contribution in [0, 0.1) is 6.92 Å². The number of halogens is 1. The first kappa shape index (κ1) is 15.9. The van der Waals surface area contributed by atoms with Crippen LogP contribution in [0.1, 0.15) is 30.5 Å². The maximum atomic E-state index is 13.0. The fourth-order valence-corrected chi connectivity index (χ4v) is 3.95. The topological polar surface area (TPSA) is 34.9 Å². The van der Waals surface area contributed by atoms with Gasteiger partial charge in [-0.15, -0.1) is 11.3 Å². The van der Waals surface area contributed by atoms with Crippen LogP contribution in [0.15, 0.2) is 35.1 Å². The van der Waals surface area contributed by atoms with E-state index >= 15 is 0 Å². The Balaban J connectivity index is 2.39. The predicted octanol–water partition coefficient (Wildman–Crippen LogP) is 4.53. The van der Waals surface area contributed by atoms with Crippen molar-refractivity contribution in [3.05, 3.63) is 51.4 Å². The average Bonchev–Trinajstić information content (AvgIpc) is 2.87. The number of nitrogens with zero attached hydrogens (tertiary/aromatic N) is 2. The normalized spacial score (nSPS) is 11.5. The molecule has 23 heavy (non-hydrogen) atoms. The van der Waals surface area contributed by atoms with Crippen LogP contribution in [0.5, 0.6) is 0 Å². The second-order valence-electron chi connectivity index (χ2n) is 5.85. The highest BCUT2D eigenvalue weighted by Crippen LogP contribution is 2.36. The summed E-state index contributed by atoms with van der Waals surface area (Å²) < 4.78 is 14.4. The van der Waals surface area contributed by atoms with Crippen LogP contribution in [0.3, 0.4) is 0 Å². The van der Waals surface area contributed by atoms with Crippen LogP contribution in [-0.4, -0.2) is 16.2 Å². The molecule has 0 unspecified atom stereocenters. The van der Waals surface area contributed by atoms with Gasteiger partial charge in [0.15, 0.2) is 0 Å². The van der Waals surface area contributed by atoms with Crippen LogP contribution >= 0.6 is 11.3 Å². The van der Waals surface area contributed by atoms with Gasteiger partial charge in [-0.3, -0.25) is 9.36 Å². The fourth-order valence-electron chi connectivity index (χ4n) is 2.90. The number of hydrogen-bond acceptors (Lipinski definition) is 3. The van der Waals surface area contributed by atoms with Gasteiger partial charge in [-0.2, -0.15) is 0 Å². The number of fused-ring (bicyclic) bond motifs is 1. The van der Waals surface area contributed by atoms with E-state index in [1.807, 2.05) is 51.1 Å². The lowest BCUT2D eigenvalue weighted by atomic mass is 10.0. The fraction of sp³-hybridized carbons (Fsp3) is 0.333. The number of aromatic nitrogens is 2. The van der Waals surface area contributed by atoms with E-state index in [0.717, 1.165) is 20.8 Å². The second kappa shape index (κ2) is 6.24. The molecular formula is C18H19FN2OS. The third-order valence-electron chi connectivity index (χ3n) is 3.90. The van der Waals surface area contributed by atoms with Crippen molar-refractivity contribution in [2.75, 3.05) is 6.67 Å². The smallest absolute Gasteiger partial charge is 0.263 e. The molecule has 1 aromatic carbocycles. The molecule has 0 aliphatic carbocycles. The predicted molar refractivity (Wildman–Crippen MR) is 94.1 cm³/mol. The van der Waals surface area contributed by atoms with Crippen molar-refractivity contribution in [1.29, 1.82) is 0 Å². The number of thiophene rings is 1. The minimum atomic E-state index is -0.573. The van der Waals surface area contributed by atoms with E-state index in [4.69, 9.17) is 0 Å². The van der Waals surface area contributed by atoms with Gasteiger partial charge < -0.3 is 0 Å². The first-order chi connectivity index (χ1) is 11.0. The molecule has 0 atom stereocenters. The molecule has 0 radical (unpaired) electrons. The molecule has 0 saturated carbocycles. The minimum absolute atomic E-state index is 0.0540. The maximum absolute atomic E-state index is 13.0. The third-order valence-corrected chi connectivity index (χ3v) is 4.90. The summed E-state index contributed by atoms with van der Waals surface area (Å²) in [6.45, 7) is 5.43. The molecular weight excluding hydrogens is 311 g/mol. The Morgan fingerprint density at radius 2 is 1.96 bits per heavy atom. The molecule has 0 N–H and O–H groups in total. The standard InChI is InChI=1S/C18H19FN2OS/c1-11(2)16-20-17-15(18(22)21(16)10-9-19)14(12(3)23-17)13-7-5-4-6-8-13/h4-8,11H,9-10H2,1-3H3. The highest BCUT2D eigenvalue weighted by Gasteiger charge is 2.20. The zero-order valence-electron chi connectivity index (χ0n) is 13.5. The molecule has 0 fully saturated rings. The zero-order valence-corrected chi connectivity index (χ0v) is 14.3. The van der Waals surface area contributed by atoms with E-state index in [0.29, 0.717) is 11.2 Å². The Morgan fingerprint density at radius 3 is 2.57 bits per heavy atom. The minimum Gasteiger partial charge on any atom is -0.293 e. The summed E-state index contributed by atoms with van der Waals surface area (Å²) in [5.74, 6) is 0.724. The van der Waals surface area contributed by atoms with Crippen molar-refractivity contribution in [2.45, 2.75) is 33.2 Å². The molecule has 3 rings (SSSR count). The molecule has 0 aliphatic heterocycles. The van der Waals surface area contributed by atoms with Crippen molar-refractivity contribution in [2.24, 2.45) is 0 Å². The maximum Gasteiger partial charge on any atom is 0.263 e. The van der Waals surface area contributed by atoms with E-state index < -0.39 is 6.67 Å². The van der Waals surface area contributed by atoms with Gasteiger partial charge in [0.1, 0.15) is 17.3 Å². The first-order valence-corrected chi connectivity index (χ1v) is 8.51. The Morgan fingerprint density at radius 1 is 1.26 bits per heavy atom. The molecule has 3 nitrogen and oxygen atoms in total. The zero-order chi connectivity index (χ0) is 16.6. The van der Waals surface area contributed by atoms with Gasteiger partial charge >= 0.3 is 0 Å². The van der Waals surface area contributed by atoms with Crippen LogP contribution < -0.4 is 5.56 Å². The van der Waals surface area contributed by atoms with Crippen LogP contribution in [0.25, 0.3) is 21.3 Å². The lowest BCUT2D eigenvalue weighted by Crippen LogP contribution is -2.26. The van der Waals surface area contributed by atoms with Gasteiger partial charge in [-0.25, -0.2) is 9.37 Å². The lowest BCUT2D eigenvalue weighted by molar-refractivity contribution is 0.428. The Labute approximate surface area is 138 Å². The highest BCUT2D eigenvalue weighted by atomic mass is 32.1. The molecule has 0 saturated heterocycles. The van der Waals surface area contributed by atoms with Crippen molar-refractivity contribution >= 4 is 21.6 Å². The largest absolute Gasteiger partial charge is 0.293 e. The Hall–Kier alpha value is -2.01. The van der Waals surface area contributed by atoms with Gasteiger partial charge in [0.25, 0.3) is 5.56 Å². The molecule has 5 heteroatoms. The van der Waals surface area contributed by atoms with E-state index in [1.54, 1.807) is 0 Å². The van der Waals surface area contributed by atoms with Crippen LogP contribution in [0.4, 0.5) is 4.39 Å². The molecule has 0 amide bonds. The second-order valence-corrected chi connectivity index (χ2v) is 7.05. The van der Waals surface area contributed by atoms with E-state index in [2.05, 4.69) is 4.98 Å². The summed E-state index contributed by atoms with van der Waals surface area (Å²) in [5.41, 5.74) is 1.78. The van der Waals surface area contributed by atoms with Crippen molar-refractivity contribution in [3.8, 4) is 11.1 Å². The van der Waals surface area contributed by atoms with E-state index in [-0.39, 0.29) is 18.0 Å². The average molecular weight is 330 g/mol. The van der Waals surface area contributed by atoms with Crippen LogP contribution in [-0.2, 0) is 6.54 Å². The molecule has 0 aliphatic rings. The van der Waals surface area contributed by atoms with Crippen LogP contribution in [0.2, 0.25) is 0 Å². The number of hydrogen-bond donors (Lipinski definition) is 0. The molecule has 120 valence electrons. The van der Waals surface area contributed by atoms with Gasteiger partial charge in [-0.1, -0.05) is 44.2 Å². The molecule has 2 aromatic heterocycles. The number of benzene rings is 1. The molecule has 0 spiro atoms. The van der Waals surface area contributed by atoms with E-state index in [1.165, 1.54) is 15.9 Å². The third kappa shape index (κ3) is 2.70. The molecule has 0 bridgehead atoms. The Bertz CT molecular complexity index is 897. The van der Waals surface area contributed by atoms with Crippen molar-refractivity contribution in [1.82, 2.24) is 9.55 Å². The van der Waals surface area contributed by atoms with Gasteiger partial charge in [0.05, 0.1) is 11.9 Å². The summed E-state index contributed by atoms with van der Waals surface area (Å²) in [4.78, 5) is 19.5. The molecule has 2 heterocycles. The molecule has 3 aromatic rings. The van der Waals surface area contributed by atoms with Gasteiger partial charge in [0, 0.05) is 16.4 Å². The summed E-state index contributed by atoms with van der Waals surface area (Å²) >= 11 is 1.53. The van der Waals surface area contributed by atoms with Crippen molar-refractivity contribution in [3.63, 3.8) is 0 Å². The SMILES string of the molecule is Cc1sc2nc(C(C)C)n(CCF)c(=O)c2c1-c1ccccc1. The monoisotopic (exact) mass is 330 g/mol. The van der Waals surface area contributed by atoms with Gasteiger partial charge in [0.2, 0.25) is 0 Å². The summed E-state index contributed by atoms with van der Waals surface area (Å²) in [7, 11) is 0. The number of rotatable bonds is 4. The first-order valence-electron chi connectivity index (χ1n) is 7.69. The van der Waals surface area contributed by atoms with Crippen molar-refractivity contribution < 1.29 is 4.39 Å². The van der Waals surface area contributed by atoms with E-state index in [9.17, 15) is 9.18 Å². The Kier molecular flexibility index (Phi) is 4.31. The number of aryl methyl sites for hydroxylation is 1. The summed E-state index contributed by atoms with van der Waals surface area (Å²) in [6.07, 6.45) is 0. The number of alkyl halides is 1. The highest BCUT2D eigenvalue weighted by molar-refractivity contribution is 7.19. The lowest BCUT2D eigenvalue weighted by Gasteiger charge is -2.13. The van der Waals surface area contributed by atoms with Gasteiger partial charge in [-0.05, 0) is 12.5 Å². The summed E-state index contributed by atoms with van der Waals surface area (Å²) in [5, 5.41) is 0.608.